The van der Waals surface area contributed by atoms with Crippen LogP contribution in [-0.4, -0.2) is 4.98 Å². The highest BCUT2D eigenvalue weighted by atomic mass is 35.5. The van der Waals surface area contributed by atoms with Gasteiger partial charge in [0.25, 0.3) is 0 Å². The van der Waals surface area contributed by atoms with Crippen LogP contribution in [0.4, 0.5) is 9.52 Å². The average molecular weight is 283 g/mol. The Labute approximate surface area is 114 Å². The highest BCUT2D eigenvalue weighted by molar-refractivity contribution is 7.15. The van der Waals surface area contributed by atoms with Crippen molar-refractivity contribution in [1.82, 2.24) is 4.98 Å². The molecule has 0 radical (unpaired) electrons. The van der Waals surface area contributed by atoms with Gasteiger partial charge in [-0.15, -0.1) is 11.3 Å². The predicted octanol–water partition coefficient (Wildman–Crippen LogP) is 3.99. The third-order valence-electron chi connectivity index (χ3n) is 3.30. The first-order valence-corrected chi connectivity index (χ1v) is 7.04. The molecule has 1 aliphatic carbocycles. The molecule has 0 saturated heterocycles. The normalized spacial score (nSPS) is 18.7. The molecule has 1 aromatic carbocycles. The Morgan fingerprint density at radius 2 is 2.28 bits per heavy atom. The number of benzene rings is 1. The van der Waals surface area contributed by atoms with Crippen molar-refractivity contribution in [3.8, 4) is 0 Å². The third-order valence-corrected chi connectivity index (χ3v) is 4.67. The fourth-order valence-electron chi connectivity index (χ4n) is 2.52. The van der Waals surface area contributed by atoms with E-state index < -0.39 is 0 Å². The number of fused-ring (bicyclic) bond motifs is 1. The van der Waals surface area contributed by atoms with Gasteiger partial charge in [-0.1, -0.05) is 17.7 Å². The Morgan fingerprint density at radius 3 is 3.06 bits per heavy atom. The molecule has 1 aliphatic rings. The number of nitrogen functional groups attached to an aromatic ring is 1. The summed E-state index contributed by atoms with van der Waals surface area (Å²) in [6.45, 7) is 0. The van der Waals surface area contributed by atoms with Crippen molar-refractivity contribution >= 4 is 28.1 Å². The summed E-state index contributed by atoms with van der Waals surface area (Å²) in [6.07, 6.45) is 3.05. The topological polar surface area (TPSA) is 38.9 Å². The summed E-state index contributed by atoms with van der Waals surface area (Å²) in [7, 11) is 0. The van der Waals surface area contributed by atoms with Gasteiger partial charge in [-0.25, -0.2) is 9.37 Å². The number of nitrogens with two attached hydrogens (primary N) is 1. The lowest BCUT2D eigenvalue weighted by Crippen LogP contribution is -2.09. The van der Waals surface area contributed by atoms with Crippen LogP contribution < -0.4 is 5.73 Å². The lowest BCUT2D eigenvalue weighted by Gasteiger charge is -2.22. The van der Waals surface area contributed by atoms with Crippen LogP contribution >= 0.6 is 22.9 Å². The van der Waals surface area contributed by atoms with Gasteiger partial charge < -0.3 is 5.73 Å². The van der Waals surface area contributed by atoms with Crippen molar-refractivity contribution in [2.24, 2.45) is 0 Å². The fourth-order valence-corrected chi connectivity index (χ4v) is 3.85. The Morgan fingerprint density at radius 1 is 1.44 bits per heavy atom. The van der Waals surface area contributed by atoms with E-state index in [2.05, 4.69) is 4.98 Å². The predicted molar refractivity (Wildman–Crippen MR) is 72.7 cm³/mol. The number of hydrogen-bond acceptors (Lipinski definition) is 3. The molecule has 0 aliphatic heterocycles. The fraction of sp³-hybridized carbons (Fsp3) is 0.308. The van der Waals surface area contributed by atoms with Crippen molar-refractivity contribution in [2.45, 2.75) is 25.2 Å². The summed E-state index contributed by atoms with van der Waals surface area (Å²) in [5.41, 5.74) is 7.83. The SMILES string of the molecule is Nc1nc2c(s1)C(c1ccc(F)cc1Cl)CCC2. The van der Waals surface area contributed by atoms with Gasteiger partial charge in [0, 0.05) is 15.8 Å². The van der Waals surface area contributed by atoms with Crippen molar-refractivity contribution < 1.29 is 4.39 Å². The lowest BCUT2D eigenvalue weighted by atomic mass is 9.86. The minimum Gasteiger partial charge on any atom is -0.375 e. The van der Waals surface area contributed by atoms with E-state index in [9.17, 15) is 4.39 Å². The van der Waals surface area contributed by atoms with Gasteiger partial charge in [-0.3, -0.25) is 0 Å². The second-order valence-electron chi connectivity index (χ2n) is 4.47. The van der Waals surface area contributed by atoms with Gasteiger partial charge in [0.1, 0.15) is 5.82 Å². The zero-order chi connectivity index (χ0) is 12.7. The van der Waals surface area contributed by atoms with E-state index in [-0.39, 0.29) is 11.7 Å². The van der Waals surface area contributed by atoms with Crippen LogP contribution in [0.3, 0.4) is 0 Å². The number of thiazole rings is 1. The molecule has 0 fully saturated rings. The standard InChI is InChI=1S/C13H12ClFN2S/c14-10-6-7(15)4-5-8(10)9-2-1-3-11-12(9)18-13(16)17-11/h4-6,9H,1-3H2,(H2,16,17). The summed E-state index contributed by atoms with van der Waals surface area (Å²) < 4.78 is 13.1. The quantitative estimate of drug-likeness (QED) is 0.859. The zero-order valence-electron chi connectivity index (χ0n) is 9.62. The number of aryl methyl sites for hydroxylation is 1. The first-order valence-electron chi connectivity index (χ1n) is 5.85. The van der Waals surface area contributed by atoms with E-state index in [4.69, 9.17) is 17.3 Å². The molecular weight excluding hydrogens is 271 g/mol. The molecule has 2 aromatic rings. The molecule has 18 heavy (non-hydrogen) atoms. The average Bonchev–Trinajstić information content (AvgIpc) is 2.69. The summed E-state index contributed by atoms with van der Waals surface area (Å²) in [6, 6.07) is 4.60. The number of hydrogen-bond donors (Lipinski definition) is 1. The summed E-state index contributed by atoms with van der Waals surface area (Å²) >= 11 is 7.67. The summed E-state index contributed by atoms with van der Waals surface area (Å²) in [5, 5.41) is 1.09. The third kappa shape index (κ3) is 1.99. The largest absolute Gasteiger partial charge is 0.375 e. The summed E-state index contributed by atoms with van der Waals surface area (Å²) in [4.78, 5) is 5.54. The molecule has 0 bridgehead atoms. The van der Waals surface area contributed by atoms with Gasteiger partial charge >= 0.3 is 0 Å². The molecule has 0 saturated carbocycles. The molecule has 5 heteroatoms. The second-order valence-corrected chi connectivity index (χ2v) is 5.94. The van der Waals surface area contributed by atoms with Crippen LogP contribution in [-0.2, 0) is 6.42 Å². The van der Waals surface area contributed by atoms with E-state index in [1.54, 1.807) is 6.07 Å². The van der Waals surface area contributed by atoms with Gasteiger partial charge in [0.15, 0.2) is 5.13 Å². The first-order chi connectivity index (χ1) is 8.65. The Balaban J connectivity index is 2.07. The van der Waals surface area contributed by atoms with Crippen molar-refractivity contribution in [1.29, 1.82) is 0 Å². The Bertz CT molecular complexity index is 597. The molecule has 0 amide bonds. The minimum absolute atomic E-state index is 0.205. The second kappa shape index (κ2) is 4.52. The smallest absolute Gasteiger partial charge is 0.180 e. The van der Waals surface area contributed by atoms with E-state index in [1.807, 2.05) is 0 Å². The maximum absolute atomic E-state index is 13.1. The molecule has 1 heterocycles. The monoisotopic (exact) mass is 282 g/mol. The van der Waals surface area contributed by atoms with Crippen molar-refractivity contribution in [2.75, 3.05) is 5.73 Å². The maximum Gasteiger partial charge on any atom is 0.180 e. The van der Waals surface area contributed by atoms with Crippen LogP contribution in [0.5, 0.6) is 0 Å². The molecule has 0 spiro atoms. The van der Waals surface area contributed by atoms with Crippen LogP contribution in [0.25, 0.3) is 0 Å². The molecule has 3 rings (SSSR count). The van der Waals surface area contributed by atoms with Crippen LogP contribution in [0, 0.1) is 5.82 Å². The van der Waals surface area contributed by atoms with Crippen LogP contribution in [0.15, 0.2) is 18.2 Å². The van der Waals surface area contributed by atoms with Crippen LogP contribution in [0.1, 0.15) is 34.9 Å². The maximum atomic E-state index is 13.1. The number of anilines is 1. The molecule has 1 atom stereocenters. The van der Waals surface area contributed by atoms with Crippen molar-refractivity contribution in [3.63, 3.8) is 0 Å². The summed E-state index contributed by atoms with van der Waals surface area (Å²) in [5.74, 6) is -0.0970. The zero-order valence-corrected chi connectivity index (χ0v) is 11.2. The van der Waals surface area contributed by atoms with E-state index in [0.29, 0.717) is 10.2 Å². The minimum atomic E-state index is -0.302. The Kier molecular flexibility index (Phi) is 2.99. The lowest BCUT2D eigenvalue weighted by molar-refractivity contribution is 0.608. The highest BCUT2D eigenvalue weighted by Crippen LogP contribution is 2.42. The first kappa shape index (κ1) is 11.9. The Hall–Kier alpha value is -1.13. The van der Waals surface area contributed by atoms with Gasteiger partial charge in [0.2, 0.25) is 0 Å². The van der Waals surface area contributed by atoms with Gasteiger partial charge in [-0.05, 0) is 37.0 Å². The molecular formula is C13H12ClFN2S. The molecule has 1 unspecified atom stereocenters. The highest BCUT2D eigenvalue weighted by Gasteiger charge is 2.27. The van der Waals surface area contributed by atoms with Gasteiger partial charge in [-0.2, -0.15) is 0 Å². The molecule has 94 valence electrons. The van der Waals surface area contributed by atoms with Gasteiger partial charge in [0.05, 0.1) is 5.69 Å². The van der Waals surface area contributed by atoms with E-state index >= 15 is 0 Å². The molecule has 2 nitrogen and oxygen atoms in total. The van der Waals surface area contributed by atoms with Crippen molar-refractivity contribution in [3.05, 3.63) is 45.2 Å². The number of aromatic nitrogens is 1. The van der Waals surface area contributed by atoms with E-state index in [0.717, 1.165) is 30.5 Å². The number of rotatable bonds is 1. The number of halogens is 2. The van der Waals surface area contributed by atoms with E-state index in [1.165, 1.54) is 28.3 Å². The molecule has 2 N–H and O–H groups in total. The molecule has 1 aromatic heterocycles. The van der Waals surface area contributed by atoms with Crippen LogP contribution in [0.2, 0.25) is 5.02 Å². The number of nitrogens with zero attached hydrogens (tertiary/aromatic N) is 1.